The van der Waals surface area contributed by atoms with Gasteiger partial charge in [-0.05, 0) is 19.3 Å². The second-order valence-corrected chi connectivity index (χ2v) is 2.72. The summed E-state index contributed by atoms with van der Waals surface area (Å²) >= 11 is 0. The molecule has 1 rings (SSSR count). The SMILES string of the molecule is C[C@@H]1OCC[C@@H]1CC(=O)O. The lowest BCUT2D eigenvalue weighted by Crippen LogP contribution is -2.15. The number of ether oxygens (including phenoxy) is 1. The van der Waals surface area contributed by atoms with Crippen molar-refractivity contribution in [2.75, 3.05) is 6.61 Å². The standard InChI is InChI=1S/C7H12O3/c1-5-6(2-3-10-5)4-7(8)9/h5-6H,2-4H2,1H3,(H,8,9)/t5-,6+/m0/s1. The maximum atomic E-state index is 10.2. The van der Waals surface area contributed by atoms with Gasteiger partial charge < -0.3 is 9.84 Å². The zero-order valence-electron chi connectivity index (χ0n) is 6.04. The van der Waals surface area contributed by atoms with E-state index in [0.717, 1.165) is 13.0 Å². The molecule has 0 saturated carbocycles. The fourth-order valence-electron chi connectivity index (χ4n) is 1.27. The highest BCUT2D eigenvalue weighted by atomic mass is 16.5. The highest BCUT2D eigenvalue weighted by molar-refractivity contribution is 5.67. The van der Waals surface area contributed by atoms with Gasteiger partial charge in [-0.2, -0.15) is 0 Å². The Hall–Kier alpha value is -0.570. The van der Waals surface area contributed by atoms with Crippen LogP contribution in [0.5, 0.6) is 0 Å². The molecule has 0 radical (unpaired) electrons. The van der Waals surface area contributed by atoms with Gasteiger partial charge in [-0.15, -0.1) is 0 Å². The van der Waals surface area contributed by atoms with Crippen LogP contribution in [-0.2, 0) is 9.53 Å². The molecule has 3 heteroatoms. The third kappa shape index (κ3) is 1.70. The summed E-state index contributed by atoms with van der Waals surface area (Å²) in [6.07, 6.45) is 1.28. The Morgan fingerprint density at radius 3 is 2.90 bits per heavy atom. The fraction of sp³-hybridized carbons (Fsp3) is 0.857. The summed E-state index contributed by atoms with van der Waals surface area (Å²) in [7, 11) is 0. The van der Waals surface area contributed by atoms with Crippen molar-refractivity contribution in [1.29, 1.82) is 0 Å². The van der Waals surface area contributed by atoms with Crippen LogP contribution in [-0.4, -0.2) is 23.8 Å². The summed E-state index contributed by atoms with van der Waals surface area (Å²) in [5, 5.41) is 8.44. The van der Waals surface area contributed by atoms with Crippen molar-refractivity contribution in [2.45, 2.75) is 25.9 Å². The minimum absolute atomic E-state index is 0.135. The third-order valence-corrected chi connectivity index (χ3v) is 1.97. The molecular weight excluding hydrogens is 132 g/mol. The number of hydrogen-bond acceptors (Lipinski definition) is 2. The Labute approximate surface area is 60.0 Å². The number of carboxylic acids is 1. The predicted molar refractivity (Wildman–Crippen MR) is 35.8 cm³/mol. The van der Waals surface area contributed by atoms with Crippen molar-refractivity contribution < 1.29 is 14.6 Å². The number of carboxylic acid groups (broad SMARTS) is 1. The summed E-state index contributed by atoms with van der Waals surface area (Å²) in [4.78, 5) is 10.2. The number of aliphatic carboxylic acids is 1. The monoisotopic (exact) mass is 144 g/mol. The lowest BCUT2D eigenvalue weighted by Gasteiger charge is -2.09. The zero-order valence-corrected chi connectivity index (χ0v) is 6.04. The number of rotatable bonds is 2. The van der Waals surface area contributed by atoms with Gasteiger partial charge in [0, 0.05) is 6.61 Å². The van der Waals surface area contributed by atoms with E-state index in [4.69, 9.17) is 9.84 Å². The molecule has 10 heavy (non-hydrogen) atoms. The van der Waals surface area contributed by atoms with E-state index in [-0.39, 0.29) is 18.4 Å². The van der Waals surface area contributed by atoms with Crippen LogP contribution < -0.4 is 0 Å². The molecule has 3 nitrogen and oxygen atoms in total. The van der Waals surface area contributed by atoms with Crippen LogP contribution in [0.15, 0.2) is 0 Å². The number of hydrogen-bond donors (Lipinski definition) is 1. The van der Waals surface area contributed by atoms with Crippen molar-refractivity contribution in [3.05, 3.63) is 0 Å². The number of carbonyl (C=O) groups is 1. The Kier molecular flexibility index (Phi) is 2.27. The van der Waals surface area contributed by atoms with Crippen LogP contribution in [0.3, 0.4) is 0 Å². The molecule has 0 aliphatic carbocycles. The summed E-state index contributed by atoms with van der Waals surface area (Å²) in [5.74, 6) is -0.486. The van der Waals surface area contributed by atoms with Crippen LogP contribution in [0.4, 0.5) is 0 Å². The van der Waals surface area contributed by atoms with Gasteiger partial charge in [-0.25, -0.2) is 0 Å². The van der Waals surface area contributed by atoms with Gasteiger partial charge in [0.2, 0.25) is 0 Å². The van der Waals surface area contributed by atoms with E-state index in [2.05, 4.69) is 0 Å². The van der Waals surface area contributed by atoms with Crippen molar-refractivity contribution in [2.24, 2.45) is 5.92 Å². The first-order valence-electron chi connectivity index (χ1n) is 3.53. The molecule has 1 N–H and O–H groups in total. The molecule has 0 unspecified atom stereocenters. The Balaban J connectivity index is 2.33. The van der Waals surface area contributed by atoms with E-state index in [1.165, 1.54) is 0 Å². The van der Waals surface area contributed by atoms with Crippen molar-refractivity contribution >= 4 is 5.97 Å². The fourth-order valence-corrected chi connectivity index (χ4v) is 1.27. The van der Waals surface area contributed by atoms with Gasteiger partial charge in [0.1, 0.15) is 0 Å². The molecule has 58 valence electrons. The highest BCUT2D eigenvalue weighted by Gasteiger charge is 2.25. The lowest BCUT2D eigenvalue weighted by atomic mass is 9.99. The van der Waals surface area contributed by atoms with Crippen LogP contribution in [0, 0.1) is 5.92 Å². The molecule has 0 aromatic rings. The summed E-state index contributed by atoms with van der Waals surface area (Å²) < 4.78 is 5.20. The molecule has 1 aliphatic heterocycles. The first-order valence-corrected chi connectivity index (χ1v) is 3.53. The summed E-state index contributed by atoms with van der Waals surface area (Å²) in [6, 6.07) is 0. The average Bonchev–Trinajstić information content (AvgIpc) is 2.15. The third-order valence-electron chi connectivity index (χ3n) is 1.97. The van der Waals surface area contributed by atoms with E-state index in [1.54, 1.807) is 0 Å². The van der Waals surface area contributed by atoms with Crippen molar-refractivity contribution in [3.63, 3.8) is 0 Å². The van der Waals surface area contributed by atoms with Gasteiger partial charge in [0.25, 0.3) is 0 Å². The first kappa shape index (κ1) is 7.54. The van der Waals surface area contributed by atoms with Crippen LogP contribution in [0.1, 0.15) is 19.8 Å². The molecule has 1 fully saturated rings. The minimum Gasteiger partial charge on any atom is -0.481 e. The predicted octanol–water partition coefficient (Wildman–Crippen LogP) is 0.886. The molecule has 0 aromatic carbocycles. The second-order valence-electron chi connectivity index (χ2n) is 2.72. The minimum atomic E-state index is -0.720. The molecule has 1 aliphatic rings. The smallest absolute Gasteiger partial charge is 0.303 e. The maximum Gasteiger partial charge on any atom is 0.303 e. The van der Waals surface area contributed by atoms with Gasteiger partial charge in [-0.1, -0.05) is 0 Å². The molecule has 0 amide bonds. The lowest BCUT2D eigenvalue weighted by molar-refractivity contribution is -0.138. The molecule has 2 atom stereocenters. The van der Waals surface area contributed by atoms with E-state index in [0.29, 0.717) is 0 Å². The Morgan fingerprint density at radius 1 is 1.80 bits per heavy atom. The summed E-state index contributed by atoms with van der Waals surface area (Å²) in [6.45, 7) is 2.65. The largest absolute Gasteiger partial charge is 0.481 e. The van der Waals surface area contributed by atoms with Crippen molar-refractivity contribution in [1.82, 2.24) is 0 Å². The molecule has 0 bridgehead atoms. The van der Waals surface area contributed by atoms with Crippen molar-refractivity contribution in [3.8, 4) is 0 Å². The zero-order chi connectivity index (χ0) is 7.56. The van der Waals surface area contributed by atoms with Gasteiger partial charge in [0.05, 0.1) is 12.5 Å². The summed E-state index contributed by atoms with van der Waals surface area (Å²) in [5.41, 5.74) is 0. The normalized spacial score (nSPS) is 32.5. The molecule has 1 heterocycles. The first-order chi connectivity index (χ1) is 4.70. The molecule has 0 aromatic heterocycles. The van der Waals surface area contributed by atoms with Gasteiger partial charge in [-0.3, -0.25) is 4.79 Å². The van der Waals surface area contributed by atoms with Crippen LogP contribution >= 0.6 is 0 Å². The molecule has 1 saturated heterocycles. The molecule has 0 spiro atoms. The average molecular weight is 144 g/mol. The van der Waals surface area contributed by atoms with Crippen LogP contribution in [0.25, 0.3) is 0 Å². The molecular formula is C7H12O3. The van der Waals surface area contributed by atoms with Gasteiger partial charge in [0.15, 0.2) is 0 Å². The van der Waals surface area contributed by atoms with Gasteiger partial charge >= 0.3 is 5.97 Å². The Bertz CT molecular complexity index is 133. The highest BCUT2D eigenvalue weighted by Crippen LogP contribution is 2.23. The quantitative estimate of drug-likeness (QED) is 0.626. The second kappa shape index (κ2) is 3.01. The van der Waals surface area contributed by atoms with E-state index < -0.39 is 5.97 Å². The maximum absolute atomic E-state index is 10.2. The van der Waals surface area contributed by atoms with E-state index in [1.807, 2.05) is 6.92 Å². The van der Waals surface area contributed by atoms with Crippen LogP contribution in [0.2, 0.25) is 0 Å². The van der Waals surface area contributed by atoms with E-state index >= 15 is 0 Å². The van der Waals surface area contributed by atoms with E-state index in [9.17, 15) is 4.79 Å². The topological polar surface area (TPSA) is 46.5 Å². The Morgan fingerprint density at radius 2 is 2.50 bits per heavy atom.